The summed E-state index contributed by atoms with van der Waals surface area (Å²) in [4.78, 5) is 24.0. The number of nitrogens with one attached hydrogen (secondary N) is 1. The minimum absolute atomic E-state index is 0.0514. The first-order valence-electron chi connectivity index (χ1n) is 7.54. The molecule has 0 saturated carbocycles. The van der Waals surface area contributed by atoms with Gasteiger partial charge in [0.15, 0.2) is 0 Å². The lowest BCUT2D eigenvalue weighted by molar-refractivity contribution is -0.384. The van der Waals surface area contributed by atoms with E-state index in [0.717, 1.165) is 0 Å². The van der Waals surface area contributed by atoms with Crippen molar-refractivity contribution in [3.63, 3.8) is 0 Å². The molecular formula is C17H17ClFN3O3. The number of nitro benzene ring substituents is 1. The predicted octanol–water partition coefficient (Wildman–Crippen LogP) is 3.85. The monoisotopic (exact) mass is 365 g/mol. The highest BCUT2D eigenvalue weighted by molar-refractivity contribution is 6.31. The van der Waals surface area contributed by atoms with Gasteiger partial charge in [0.25, 0.3) is 5.69 Å². The standard InChI is InChI=1S/C17H17ClFN3O3/c1-21(11-12-13(18)5-4-6-14(12)19)17(23)9-10-20-15-7-2-3-8-16(15)22(24)25/h2-8,20H,9-11H2,1H3. The van der Waals surface area contributed by atoms with E-state index in [-0.39, 0.29) is 41.7 Å². The van der Waals surface area contributed by atoms with Crippen molar-refractivity contribution in [2.45, 2.75) is 13.0 Å². The van der Waals surface area contributed by atoms with E-state index in [1.807, 2.05) is 0 Å². The van der Waals surface area contributed by atoms with Crippen LogP contribution in [0.5, 0.6) is 0 Å². The summed E-state index contributed by atoms with van der Waals surface area (Å²) >= 11 is 5.96. The molecule has 25 heavy (non-hydrogen) atoms. The first-order valence-corrected chi connectivity index (χ1v) is 7.92. The second-order valence-corrected chi connectivity index (χ2v) is 5.81. The molecule has 0 bridgehead atoms. The number of amides is 1. The summed E-state index contributed by atoms with van der Waals surface area (Å²) in [6, 6.07) is 10.6. The highest BCUT2D eigenvalue weighted by Crippen LogP contribution is 2.23. The largest absolute Gasteiger partial charge is 0.379 e. The number of benzene rings is 2. The number of hydrogen-bond donors (Lipinski definition) is 1. The van der Waals surface area contributed by atoms with Gasteiger partial charge in [-0.3, -0.25) is 14.9 Å². The van der Waals surface area contributed by atoms with E-state index in [1.54, 1.807) is 31.3 Å². The Labute approximate surface area is 149 Å². The Morgan fingerprint density at radius 1 is 1.28 bits per heavy atom. The topological polar surface area (TPSA) is 75.5 Å². The third-order valence-electron chi connectivity index (χ3n) is 3.64. The smallest absolute Gasteiger partial charge is 0.292 e. The second-order valence-electron chi connectivity index (χ2n) is 5.40. The second kappa shape index (κ2) is 8.43. The summed E-state index contributed by atoms with van der Waals surface area (Å²) in [5.74, 6) is -0.699. The Morgan fingerprint density at radius 3 is 2.68 bits per heavy atom. The maximum absolute atomic E-state index is 13.8. The van der Waals surface area contributed by atoms with Gasteiger partial charge in [-0.1, -0.05) is 29.8 Å². The summed E-state index contributed by atoms with van der Waals surface area (Å²) in [5.41, 5.74) is 0.549. The van der Waals surface area contributed by atoms with Gasteiger partial charge in [-0.05, 0) is 18.2 Å². The molecule has 2 aromatic rings. The van der Waals surface area contributed by atoms with Crippen molar-refractivity contribution in [1.82, 2.24) is 4.90 Å². The molecule has 0 fully saturated rings. The third-order valence-corrected chi connectivity index (χ3v) is 3.99. The Balaban J connectivity index is 1.91. The Bertz CT molecular complexity index is 765. The molecule has 2 rings (SSSR count). The minimum atomic E-state index is -0.490. The van der Waals surface area contributed by atoms with Crippen LogP contribution < -0.4 is 5.32 Å². The minimum Gasteiger partial charge on any atom is -0.379 e. The van der Waals surface area contributed by atoms with Crippen LogP contribution >= 0.6 is 11.6 Å². The molecule has 0 aliphatic carbocycles. The van der Waals surface area contributed by atoms with Gasteiger partial charge in [0.05, 0.1) is 4.92 Å². The molecule has 0 unspecified atom stereocenters. The van der Waals surface area contributed by atoms with E-state index in [1.165, 1.54) is 23.1 Å². The van der Waals surface area contributed by atoms with Gasteiger partial charge in [0.1, 0.15) is 11.5 Å². The van der Waals surface area contributed by atoms with E-state index < -0.39 is 10.7 Å². The molecule has 2 aromatic carbocycles. The number of para-hydroxylation sites is 2. The number of anilines is 1. The molecule has 8 heteroatoms. The molecule has 132 valence electrons. The number of carbonyl (C=O) groups excluding carboxylic acids is 1. The molecular weight excluding hydrogens is 349 g/mol. The van der Waals surface area contributed by atoms with E-state index in [9.17, 15) is 19.3 Å². The molecule has 6 nitrogen and oxygen atoms in total. The van der Waals surface area contributed by atoms with Gasteiger partial charge < -0.3 is 10.2 Å². The molecule has 0 saturated heterocycles. The quantitative estimate of drug-likeness (QED) is 0.597. The zero-order chi connectivity index (χ0) is 18.4. The normalized spacial score (nSPS) is 10.4. The average molecular weight is 366 g/mol. The lowest BCUT2D eigenvalue weighted by Gasteiger charge is -2.18. The summed E-state index contributed by atoms with van der Waals surface area (Å²) in [6.45, 7) is 0.273. The fraction of sp³-hybridized carbons (Fsp3) is 0.235. The first-order chi connectivity index (χ1) is 11.9. The number of rotatable bonds is 7. The van der Waals surface area contributed by atoms with Crippen LogP contribution in [0.2, 0.25) is 5.02 Å². The summed E-state index contributed by atoms with van der Waals surface area (Å²) in [5, 5.41) is 14.1. The molecule has 0 radical (unpaired) electrons. The number of halogens is 2. The SMILES string of the molecule is CN(Cc1c(F)cccc1Cl)C(=O)CCNc1ccccc1[N+](=O)[O-]. The van der Waals surface area contributed by atoms with Crippen LogP contribution in [0.15, 0.2) is 42.5 Å². The highest BCUT2D eigenvalue weighted by Gasteiger charge is 2.15. The van der Waals surface area contributed by atoms with Crippen LogP contribution in [0.3, 0.4) is 0 Å². The van der Waals surface area contributed by atoms with Gasteiger partial charge in [0, 0.05) is 43.2 Å². The lowest BCUT2D eigenvalue weighted by Crippen LogP contribution is -2.28. The Hall–Kier alpha value is -2.67. The van der Waals surface area contributed by atoms with Gasteiger partial charge in [-0.25, -0.2) is 4.39 Å². The molecule has 0 heterocycles. The van der Waals surface area contributed by atoms with Gasteiger partial charge >= 0.3 is 0 Å². The Morgan fingerprint density at radius 2 is 2.00 bits per heavy atom. The maximum Gasteiger partial charge on any atom is 0.292 e. The van der Waals surface area contributed by atoms with Crippen LogP contribution in [-0.4, -0.2) is 29.3 Å². The predicted molar refractivity (Wildman–Crippen MR) is 94.1 cm³/mol. The molecule has 0 spiro atoms. The van der Waals surface area contributed by atoms with Crippen molar-refractivity contribution in [3.8, 4) is 0 Å². The fourth-order valence-electron chi connectivity index (χ4n) is 2.29. The van der Waals surface area contributed by atoms with Crippen LogP contribution in [0.4, 0.5) is 15.8 Å². The average Bonchev–Trinajstić information content (AvgIpc) is 2.58. The molecule has 1 N–H and O–H groups in total. The zero-order valence-corrected chi connectivity index (χ0v) is 14.3. The number of nitro groups is 1. The number of hydrogen-bond acceptors (Lipinski definition) is 4. The van der Waals surface area contributed by atoms with Crippen molar-refractivity contribution in [2.75, 3.05) is 18.9 Å². The van der Waals surface area contributed by atoms with E-state index in [0.29, 0.717) is 5.69 Å². The van der Waals surface area contributed by atoms with Crippen molar-refractivity contribution >= 4 is 28.9 Å². The van der Waals surface area contributed by atoms with Crippen LogP contribution in [0.1, 0.15) is 12.0 Å². The van der Waals surface area contributed by atoms with Gasteiger partial charge in [-0.15, -0.1) is 0 Å². The molecule has 0 aliphatic rings. The zero-order valence-electron chi connectivity index (χ0n) is 13.5. The molecule has 0 aliphatic heterocycles. The molecule has 0 aromatic heterocycles. The maximum atomic E-state index is 13.8. The van der Waals surface area contributed by atoms with Crippen molar-refractivity contribution in [1.29, 1.82) is 0 Å². The Kier molecular flexibility index (Phi) is 6.30. The number of nitrogens with zero attached hydrogens (tertiary/aromatic N) is 2. The van der Waals surface area contributed by atoms with E-state index in [4.69, 9.17) is 11.6 Å². The summed E-state index contributed by atoms with van der Waals surface area (Å²) in [6.07, 6.45) is 0.106. The third kappa shape index (κ3) is 4.90. The summed E-state index contributed by atoms with van der Waals surface area (Å²) in [7, 11) is 1.55. The van der Waals surface area contributed by atoms with Crippen LogP contribution in [0, 0.1) is 15.9 Å². The van der Waals surface area contributed by atoms with Crippen molar-refractivity contribution in [3.05, 3.63) is 69.0 Å². The first kappa shape index (κ1) is 18.7. The van der Waals surface area contributed by atoms with Gasteiger partial charge in [-0.2, -0.15) is 0 Å². The summed E-state index contributed by atoms with van der Waals surface area (Å²) < 4.78 is 13.8. The van der Waals surface area contributed by atoms with Crippen LogP contribution in [-0.2, 0) is 11.3 Å². The van der Waals surface area contributed by atoms with E-state index in [2.05, 4.69) is 5.32 Å². The van der Waals surface area contributed by atoms with Gasteiger partial charge in [0.2, 0.25) is 5.91 Å². The number of carbonyl (C=O) groups is 1. The van der Waals surface area contributed by atoms with Crippen LogP contribution in [0.25, 0.3) is 0 Å². The van der Waals surface area contributed by atoms with Crippen molar-refractivity contribution in [2.24, 2.45) is 0 Å². The molecule has 1 amide bonds. The fourth-order valence-corrected chi connectivity index (χ4v) is 2.51. The van der Waals surface area contributed by atoms with E-state index >= 15 is 0 Å². The van der Waals surface area contributed by atoms with Crippen molar-refractivity contribution < 1.29 is 14.1 Å². The highest BCUT2D eigenvalue weighted by atomic mass is 35.5. The lowest BCUT2D eigenvalue weighted by atomic mass is 10.2. The molecule has 0 atom stereocenters.